The molecular formula is C16H23N3O2. The number of carbonyl (C=O) groups excluding carboxylic acids is 2. The van der Waals surface area contributed by atoms with Crippen LogP contribution < -0.4 is 5.32 Å². The summed E-state index contributed by atoms with van der Waals surface area (Å²) in [4.78, 5) is 27.4. The number of hydrogen-bond donors (Lipinski definition) is 1. The van der Waals surface area contributed by atoms with E-state index < -0.39 is 0 Å². The number of likely N-dealkylation sites (N-methyl/N-ethyl adjacent to an activating group) is 1. The molecule has 5 nitrogen and oxygen atoms in total. The zero-order valence-electron chi connectivity index (χ0n) is 12.5. The standard InChI is InChI=1S/C16H23N3O2/c1-18(12-14-7-3-2-4-8-14)13-15(20)17-11-16(21)19-9-5-6-10-19/h2-4,7-8H,5-6,9-13H2,1H3,(H,17,20). The number of amides is 2. The Hall–Kier alpha value is -1.88. The van der Waals surface area contributed by atoms with Crippen LogP contribution in [0.4, 0.5) is 0 Å². The molecule has 0 aromatic heterocycles. The van der Waals surface area contributed by atoms with Gasteiger partial charge in [-0.3, -0.25) is 14.5 Å². The fourth-order valence-electron chi connectivity index (χ4n) is 2.50. The summed E-state index contributed by atoms with van der Waals surface area (Å²) in [6, 6.07) is 10.0. The normalized spacial score (nSPS) is 14.5. The number of rotatable bonds is 6. The van der Waals surface area contributed by atoms with E-state index in [0.717, 1.165) is 25.9 Å². The third-order valence-electron chi connectivity index (χ3n) is 3.60. The van der Waals surface area contributed by atoms with Crippen LogP contribution in [0.2, 0.25) is 0 Å². The molecule has 1 aromatic carbocycles. The predicted octanol–water partition coefficient (Wildman–Crippen LogP) is 0.857. The van der Waals surface area contributed by atoms with Crippen LogP contribution in [0, 0.1) is 0 Å². The van der Waals surface area contributed by atoms with Crippen molar-refractivity contribution < 1.29 is 9.59 Å². The highest BCUT2D eigenvalue weighted by atomic mass is 16.2. The molecule has 0 atom stereocenters. The van der Waals surface area contributed by atoms with Gasteiger partial charge in [0, 0.05) is 19.6 Å². The molecule has 21 heavy (non-hydrogen) atoms. The summed E-state index contributed by atoms with van der Waals surface area (Å²) >= 11 is 0. The van der Waals surface area contributed by atoms with Gasteiger partial charge in [0.1, 0.15) is 0 Å². The summed E-state index contributed by atoms with van der Waals surface area (Å²) in [5.41, 5.74) is 1.17. The molecule has 2 amide bonds. The maximum atomic E-state index is 11.8. The van der Waals surface area contributed by atoms with Crippen molar-refractivity contribution in [3.63, 3.8) is 0 Å². The maximum Gasteiger partial charge on any atom is 0.241 e. The van der Waals surface area contributed by atoms with Crippen molar-refractivity contribution in [3.05, 3.63) is 35.9 Å². The average molecular weight is 289 g/mol. The zero-order valence-corrected chi connectivity index (χ0v) is 12.5. The topological polar surface area (TPSA) is 52.7 Å². The first-order chi connectivity index (χ1) is 10.1. The van der Waals surface area contributed by atoms with Gasteiger partial charge in [-0.15, -0.1) is 0 Å². The highest BCUT2D eigenvalue weighted by molar-refractivity contribution is 5.85. The van der Waals surface area contributed by atoms with E-state index in [0.29, 0.717) is 13.1 Å². The SMILES string of the molecule is CN(CC(=O)NCC(=O)N1CCCC1)Cc1ccccc1. The van der Waals surface area contributed by atoms with Crippen molar-refractivity contribution in [1.29, 1.82) is 0 Å². The van der Waals surface area contributed by atoms with E-state index >= 15 is 0 Å². The molecule has 1 saturated heterocycles. The van der Waals surface area contributed by atoms with E-state index in [9.17, 15) is 9.59 Å². The Balaban J connectivity index is 1.67. The first-order valence-corrected chi connectivity index (χ1v) is 7.42. The van der Waals surface area contributed by atoms with Gasteiger partial charge in [-0.1, -0.05) is 30.3 Å². The second-order valence-electron chi connectivity index (χ2n) is 5.52. The van der Waals surface area contributed by atoms with Crippen LogP contribution in [0.3, 0.4) is 0 Å². The van der Waals surface area contributed by atoms with E-state index in [1.807, 2.05) is 47.2 Å². The number of nitrogens with zero attached hydrogens (tertiary/aromatic N) is 2. The number of carbonyl (C=O) groups is 2. The number of likely N-dealkylation sites (tertiary alicyclic amines) is 1. The molecule has 0 saturated carbocycles. The molecule has 0 aliphatic carbocycles. The Morgan fingerprint density at radius 1 is 1.19 bits per heavy atom. The van der Waals surface area contributed by atoms with Crippen LogP contribution in [0.25, 0.3) is 0 Å². The van der Waals surface area contributed by atoms with Gasteiger partial charge in [-0.2, -0.15) is 0 Å². The minimum absolute atomic E-state index is 0.0200. The Morgan fingerprint density at radius 3 is 2.52 bits per heavy atom. The van der Waals surface area contributed by atoms with Crippen LogP contribution in [0.1, 0.15) is 18.4 Å². The van der Waals surface area contributed by atoms with Gasteiger partial charge in [0.05, 0.1) is 13.1 Å². The highest BCUT2D eigenvalue weighted by Gasteiger charge is 2.18. The second kappa shape index (κ2) is 7.78. The quantitative estimate of drug-likeness (QED) is 0.845. The molecule has 5 heteroatoms. The highest BCUT2D eigenvalue weighted by Crippen LogP contribution is 2.06. The molecule has 1 heterocycles. The zero-order chi connectivity index (χ0) is 15.1. The number of hydrogen-bond acceptors (Lipinski definition) is 3. The molecule has 1 aliphatic rings. The number of nitrogens with one attached hydrogen (secondary N) is 1. The van der Waals surface area contributed by atoms with E-state index in [1.165, 1.54) is 5.56 Å². The van der Waals surface area contributed by atoms with Crippen molar-refractivity contribution in [2.45, 2.75) is 19.4 Å². The smallest absolute Gasteiger partial charge is 0.241 e. The lowest BCUT2D eigenvalue weighted by molar-refractivity contribution is -0.132. The van der Waals surface area contributed by atoms with Crippen molar-refractivity contribution in [1.82, 2.24) is 15.1 Å². The largest absolute Gasteiger partial charge is 0.346 e. The van der Waals surface area contributed by atoms with Crippen LogP contribution in [-0.2, 0) is 16.1 Å². The minimum Gasteiger partial charge on any atom is -0.346 e. The van der Waals surface area contributed by atoms with Gasteiger partial charge >= 0.3 is 0 Å². The number of benzene rings is 1. The molecule has 0 bridgehead atoms. The molecule has 2 rings (SSSR count). The molecule has 114 valence electrons. The average Bonchev–Trinajstić information content (AvgIpc) is 3.00. The fraction of sp³-hybridized carbons (Fsp3) is 0.500. The summed E-state index contributed by atoms with van der Waals surface area (Å²) in [5.74, 6) is -0.0902. The Morgan fingerprint density at radius 2 is 1.86 bits per heavy atom. The lowest BCUT2D eigenvalue weighted by Crippen LogP contribution is -2.42. The van der Waals surface area contributed by atoms with Crippen molar-refractivity contribution in [3.8, 4) is 0 Å². The van der Waals surface area contributed by atoms with Crippen LogP contribution in [-0.4, -0.2) is 54.8 Å². The molecular weight excluding hydrogens is 266 g/mol. The Kier molecular flexibility index (Phi) is 5.75. The first-order valence-electron chi connectivity index (χ1n) is 7.42. The van der Waals surface area contributed by atoms with Crippen molar-refractivity contribution in [2.24, 2.45) is 0 Å². The van der Waals surface area contributed by atoms with E-state index in [-0.39, 0.29) is 18.4 Å². The van der Waals surface area contributed by atoms with Crippen LogP contribution >= 0.6 is 0 Å². The summed E-state index contributed by atoms with van der Waals surface area (Å²) in [5, 5.41) is 2.70. The minimum atomic E-state index is -0.110. The van der Waals surface area contributed by atoms with Crippen molar-refractivity contribution >= 4 is 11.8 Å². The predicted molar refractivity (Wildman–Crippen MR) is 81.6 cm³/mol. The summed E-state index contributed by atoms with van der Waals surface area (Å²) < 4.78 is 0. The molecule has 0 radical (unpaired) electrons. The first kappa shape index (κ1) is 15.5. The van der Waals surface area contributed by atoms with E-state index in [4.69, 9.17) is 0 Å². The van der Waals surface area contributed by atoms with Gasteiger partial charge in [-0.05, 0) is 25.5 Å². The monoisotopic (exact) mass is 289 g/mol. The lowest BCUT2D eigenvalue weighted by atomic mass is 10.2. The van der Waals surface area contributed by atoms with E-state index in [2.05, 4.69) is 5.32 Å². The van der Waals surface area contributed by atoms with Gasteiger partial charge in [0.25, 0.3) is 0 Å². The molecule has 0 spiro atoms. The van der Waals surface area contributed by atoms with Crippen LogP contribution in [0.15, 0.2) is 30.3 Å². The third kappa shape index (κ3) is 5.19. The summed E-state index contributed by atoms with van der Waals surface area (Å²) in [7, 11) is 1.90. The molecule has 1 aromatic rings. The van der Waals surface area contributed by atoms with Gasteiger partial charge in [-0.25, -0.2) is 0 Å². The summed E-state index contributed by atoms with van der Waals surface area (Å²) in [6.07, 6.45) is 2.14. The van der Waals surface area contributed by atoms with E-state index in [1.54, 1.807) is 0 Å². The Labute approximate surface area is 125 Å². The molecule has 1 fully saturated rings. The van der Waals surface area contributed by atoms with Crippen LogP contribution in [0.5, 0.6) is 0 Å². The molecule has 1 N–H and O–H groups in total. The lowest BCUT2D eigenvalue weighted by Gasteiger charge is -2.18. The second-order valence-corrected chi connectivity index (χ2v) is 5.52. The molecule has 0 unspecified atom stereocenters. The maximum absolute atomic E-state index is 11.8. The fourth-order valence-corrected chi connectivity index (χ4v) is 2.50. The van der Waals surface area contributed by atoms with Gasteiger partial charge < -0.3 is 10.2 Å². The van der Waals surface area contributed by atoms with Gasteiger partial charge in [0.15, 0.2) is 0 Å². The van der Waals surface area contributed by atoms with Gasteiger partial charge in [0.2, 0.25) is 11.8 Å². The third-order valence-corrected chi connectivity index (χ3v) is 3.60. The molecule has 1 aliphatic heterocycles. The van der Waals surface area contributed by atoms with Crippen molar-refractivity contribution in [2.75, 3.05) is 33.2 Å². The summed E-state index contributed by atoms with van der Waals surface area (Å²) in [6.45, 7) is 2.76. The Bertz CT molecular complexity index is 470.